The summed E-state index contributed by atoms with van der Waals surface area (Å²) in [5.41, 5.74) is 0. The number of aliphatic hydroxyl groups is 1. The van der Waals surface area contributed by atoms with Crippen molar-refractivity contribution < 1.29 is 19.3 Å². The highest BCUT2D eigenvalue weighted by Gasteiger charge is 2.12. The van der Waals surface area contributed by atoms with Crippen LogP contribution in [0.15, 0.2) is 0 Å². The molecule has 0 bridgehead atoms. The Morgan fingerprint density at radius 2 is 2.29 bits per heavy atom. The number of hydrogen-bond donors (Lipinski definition) is 2. The molecule has 0 spiro atoms. The van der Waals surface area contributed by atoms with Crippen LogP contribution in [0.4, 0.5) is 0 Å². The van der Waals surface area contributed by atoms with E-state index in [1.54, 1.807) is 0 Å². The van der Waals surface area contributed by atoms with E-state index in [0.717, 1.165) is 13.1 Å². The van der Waals surface area contributed by atoms with Crippen LogP contribution in [-0.2, 0) is 14.2 Å². The highest BCUT2D eigenvalue weighted by molar-refractivity contribution is 4.63. The molecule has 0 saturated carbocycles. The molecule has 0 aliphatic carbocycles. The molecule has 0 aromatic carbocycles. The molecule has 84 valence electrons. The Morgan fingerprint density at radius 3 is 3.00 bits per heavy atom. The molecule has 14 heavy (non-hydrogen) atoms. The van der Waals surface area contributed by atoms with Gasteiger partial charge in [-0.25, -0.2) is 0 Å². The first-order valence-corrected chi connectivity index (χ1v) is 5.02. The van der Waals surface area contributed by atoms with Gasteiger partial charge < -0.3 is 24.6 Å². The van der Waals surface area contributed by atoms with Crippen molar-refractivity contribution in [1.82, 2.24) is 5.32 Å². The Labute approximate surface area is 84.3 Å². The molecule has 1 saturated heterocycles. The summed E-state index contributed by atoms with van der Waals surface area (Å²) >= 11 is 0. The van der Waals surface area contributed by atoms with Crippen LogP contribution < -0.4 is 5.32 Å². The molecule has 1 aliphatic rings. The molecule has 1 atom stereocenters. The topological polar surface area (TPSA) is 60.0 Å². The largest absolute Gasteiger partial charge is 0.394 e. The Balaban J connectivity index is 1.82. The van der Waals surface area contributed by atoms with E-state index in [2.05, 4.69) is 5.32 Å². The summed E-state index contributed by atoms with van der Waals surface area (Å²) in [4.78, 5) is 0. The minimum absolute atomic E-state index is 0.0829. The van der Waals surface area contributed by atoms with E-state index in [1.807, 2.05) is 0 Å². The maximum absolute atomic E-state index is 8.44. The van der Waals surface area contributed by atoms with Crippen molar-refractivity contribution >= 4 is 0 Å². The standard InChI is InChI=1S/C9H19NO4/c11-2-4-12-3-1-10-7-9-8-13-5-6-14-9/h9-11H,1-8H2. The van der Waals surface area contributed by atoms with Crippen LogP contribution in [-0.4, -0.2) is 63.9 Å². The Bertz CT molecular complexity index is 128. The van der Waals surface area contributed by atoms with Gasteiger partial charge in [0.05, 0.1) is 45.7 Å². The number of ether oxygens (including phenoxy) is 3. The van der Waals surface area contributed by atoms with Crippen LogP contribution in [0.25, 0.3) is 0 Å². The third kappa shape index (κ3) is 5.51. The third-order valence-corrected chi connectivity index (χ3v) is 1.92. The van der Waals surface area contributed by atoms with Gasteiger partial charge in [0, 0.05) is 13.1 Å². The quantitative estimate of drug-likeness (QED) is 0.522. The molecule has 2 N–H and O–H groups in total. The van der Waals surface area contributed by atoms with Crippen molar-refractivity contribution in [2.24, 2.45) is 0 Å². The fraction of sp³-hybridized carbons (Fsp3) is 1.00. The molecule has 1 heterocycles. The van der Waals surface area contributed by atoms with Crippen molar-refractivity contribution in [1.29, 1.82) is 0 Å². The Kier molecular flexibility index (Phi) is 6.90. The molecule has 1 rings (SSSR count). The molecular weight excluding hydrogens is 186 g/mol. The van der Waals surface area contributed by atoms with Crippen molar-refractivity contribution in [3.63, 3.8) is 0 Å². The maximum atomic E-state index is 8.44. The lowest BCUT2D eigenvalue weighted by molar-refractivity contribution is -0.0866. The number of rotatable bonds is 7. The first-order chi connectivity index (χ1) is 6.93. The second-order valence-electron chi connectivity index (χ2n) is 3.11. The highest BCUT2D eigenvalue weighted by Crippen LogP contribution is 1.98. The summed E-state index contributed by atoms with van der Waals surface area (Å²) in [6.45, 7) is 4.74. The fourth-order valence-corrected chi connectivity index (χ4v) is 1.23. The average Bonchev–Trinajstić information content (AvgIpc) is 2.25. The summed E-state index contributed by atoms with van der Waals surface area (Å²) in [6.07, 6.45) is 0.168. The van der Waals surface area contributed by atoms with Gasteiger partial charge in [-0.1, -0.05) is 0 Å². The van der Waals surface area contributed by atoms with Crippen LogP contribution in [0.2, 0.25) is 0 Å². The van der Waals surface area contributed by atoms with E-state index >= 15 is 0 Å². The minimum Gasteiger partial charge on any atom is -0.394 e. The Morgan fingerprint density at radius 1 is 1.36 bits per heavy atom. The molecule has 1 aliphatic heterocycles. The lowest BCUT2D eigenvalue weighted by Gasteiger charge is -2.23. The number of hydrogen-bond acceptors (Lipinski definition) is 5. The SMILES string of the molecule is OCCOCCNCC1COCCO1. The van der Waals surface area contributed by atoms with Gasteiger partial charge in [-0.2, -0.15) is 0 Å². The lowest BCUT2D eigenvalue weighted by Crippen LogP contribution is -2.38. The molecule has 0 amide bonds. The highest BCUT2D eigenvalue weighted by atomic mass is 16.6. The van der Waals surface area contributed by atoms with Crippen LogP contribution >= 0.6 is 0 Å². The van der Waals surface area contributed by atoms with Crippen molar-refractivity contribution in [3.05, 3.63) is 0 Å². The molecule has 0 radical (unpaired) electrons. The zero-order chi connectivity index (χ0) is 10.1. The lowest BCUT2D eigenvalue weighted by atomic mass is 10.3. The summed E-state index contributed by atoms with van der Waals surface area (Å²) < 4.78 is 15.8. The predicted molar refractivity (Wildman–Crippen MR) is 51.3 cm³/mol. The molecule has 5 nitrogen and oxygen atoms in total. The summed E-state index contributed by atoms with van der Waals surface area (Å²) in [7, 11) is 0. The normalized spacial score (nSPS) is 22.5. The van der Waals surface area contributed by atoms with E-state index in [0.29, 0.717) is 33.0 Å². The number of aliphatic hydroxyl groups excluding tert-OH is 1. The smallest absolute Gasteiger partial charge is 0.0933 e. The zero-order valence-electron chi connectivity index (χ0n) is 8.41. The van der Waals surface area contributed by atoms with Crippen LogP contribution in [0, 0.1) is 0 Å². The summed E-state index contributed by atoms with van der Waals surface area (Å²) in [5, 5.41) is 11.6. The van der Waals surface area contributed by atoms with E-state index in [9.17, 15) is 0 Å². The average molecular weight is 205 g/mol. The van der Waals surface area contributed by atoms with Gasteiger partial charge in [0.25, 0.3) is 0 Å². The van der Waals surface area contributed by atoms with Crippen molar-refractivity contribution in [2.75, 3.05) is 52.7 Å². The van der Waals surface area contributed by atoms with Gasteiger partial charge in [0.2, 0.25) is 0 Å². The van der Waals surface area contributed by atoms with Crippen LogP contribution in [0.3, 0.4) is 0 Å². The van der Waals surface area contributed by atoms with Gasteiger partial charge in [0.15, 0.2) is 0 Å². The zero-order valence-corrected chi connectivity index (χ0v) is 8.41. The van der Waals surface area contributed by atoms with Gasteiger partial charge in [0.1, 0.15) is 0 Å². The Hall–Kier alpha value is -0.200. The second kappa shape index (κ2) is 8.14. The monoisotopic (exact) mass is 205 g/mol. The predicted octanol–water partition coefficient (Wildman–Crippen LogP) is -1.000. The van der Waals surface area contributed by atoms with Gasteiger partial charge in [-0.3, -0.25) is 0 Å². The van der Waals surface area contributed by atoms with E-state index in [-0.39, 0.29) is 12.7 Å². The van der Waals surface area contributed by atoms with Crippen LogP contribution in [0.5, 0.6) is 0 Å². The number of nitrogens with one attached hydrogen (secondary N) is 1. The first kappa shape index (κ1) is 11.9. The van der Waals surface area contributed by atoms with E-state index in [4.69, 9.17) is 19.3 Å². The van der Waals surface area contributed by atoms with Gasteiger partial charge in [-0.05, 0) is 0 Å². The minimum atomic E-state index is 0.0829. The molecule has 0 aromatic heterocycles. The third-order valence-electron chi connectivity index (χ3n) is 1.92. The molecule has 5 heteroatoms. The fourth-order valence-electron chi connectivity index (χ4n) is 1.23. The molecule has 0 aromatic rings. The van der Waals surface area contributed by atoms with Gasteiger partial charge in [-0.15, -0.1) is 0 Å². The first-order valence-electron chi connectivity index (χ1n) is 5.02. The van der Waals surface area contributed by atoms with Crippen LogP contribution in [0.1, 0.15) is 0 Å². The molecule has 1 fully saturated rings. The molecule has 1 unspecified atom stereocenters. The molecular formula is C9H19NO4. The van der Waals surface area contributed by atoms with Crippen molar-refractivity contribution in [3.8, 4) is 0 Å². The maximum Gasteiger partial charge on any atom is 0.0933 e. The van der Waals surface area contributed by atoms with E-state index in [1.165, 1.54) is 0 Å². The summed E-state index contributed by atoms with van der Waals surface area (Å²) in [6, 6.07) is 0. The van der Waals surface area contributed by atoms with Crippen molar-refractivity contribution in [2.45, 2.75) is 6.10 Å². The summed E-state index contributed by atoms with van der Waals surface area (Å²) in [5.74, 6) is 0. The second-order valence-corrected chi connectivity index (χ2v) is 3.11. The van der Waals surface area contributed by atoms with Gasteiger partial charge >= 0.3 is 0 Å². The van der Waals surface area contributed by atoms with E-state index < -0.39 is 0 Å².